The van der Waals surface area contributed by atoms with Gasteiger partial charge in [-0.1, -0.05) is 37.3 Å². The third-order valence-corrected chi connectivity index (χ3v) is 6.29. The van der Waals surface area contributed by atoms with Crippen molar-refractivity contribution in [1.82, 2.24) is 30.1 Å². The molecule has 0 spiro atoms. The van der Waals surface area contributed by atoms with Crippen LogP contribution in [0.2, 0.25) is 0 Å². The van der Waals surface area contributed by atoms with E-state index in [1.165, 1.54) is 5.56 Å². The smallest absolute Gasteiger partial charge is 0.252 e. The number of aromatic amines is 1. The third-order valence-electron chi connectivity index (χ3n) is 6.29. The first-order valence-electron chi connectivity index (χ1n) is 12.1. The molecule has 2 heterocycles. The van der Waals surface area contributed by atoms with E-state index < -0.39 is 0 Å². The van der Waals surface area contributed by atoms with E-state index in [0.717, 1.165) is 41.9 Å². The van der Waals surface area contributed by atoms with Crippen molar-refractivity contribution in [2.75, 3.05) is 13.7 Å². The van der Waals surface area contributed by atoms with Crippen molar-refractivity contribution in [3.05, 3.63) is 81.9 Å². The van der Waals surface area contributed by atoms with Crippen LogP contribution in [-0.4, -0.2) is 43.7 Å². The third kappa shape index (κ3) is 5.59. The fourth-order valence-corrected chi connectivity index (χ4v) is 4.44. The van der Waals surface area contributed by atoms with E-state index in [1.807, 2.05) is 35.0 Å². The van der Waals surface area contributed by atoms with Crippen LogP contribution in [0.4, 0.5) is 0 Å². The molecule has 0 amide bonds. The number of aromatic nitrogens is 5. The Hall–Kier alpha value is -3.52. The van der Waals surface area contributed by atoms with Gasteiger partial charge in [-0.05, 0) is 73.9 Å². The molecule has 2 aromatic carbocycles. The SMILES string of the molecule is CC[C@@H](c1nnnn1C(C)(C)C)N(CCc1ccccc1)Cc1cc2cc(OC)ccc2[nH]c1=O. The van der Waals surface area contributed by atoms with Gasteiger partial charge in [-0.2, -0.15) is 0 Å². The number of pyridine rings is 1. The van der Waals surface area contributed by atoms with Crippen molar-refractivity contribution < 1.29 is 4.74 Å². The lowest BCUT2D eigenvalue weighted by Gasteiger charge is -2.32. The van der Waals surface area contributed by atoms with E-state index in [-0.39, 0.29) is 17.1 Å². The summed E-state index contributed by atoms with van der Waals surface area (Å²) < 4.78 is 7.28. The van der Waals surface area contributed by atoms with Crippen molar-refractivity contribution >= 4 is 10.9 Å². The molecule has 0 fully saturated rings. The average Bonchev–Trinajstić information content (AvgIpc) is 3.34. The van der Waals surface area contributed by atoms with E-state index >= 15 is 0 Å². The summed E-state index contributed by atoms with van der Waals surface area (Å²) in [5.41, 5.74) is 2.40. The number of nitrogens with one attached hydrogen (secondary N) is 1. The fraction of sp³-hybridized carbons (Fsp3) is 0.407. The first kappa shape index (κ1) is 24.6. The predicted octanol–water partition coefficient (Wildman–Crippen LogP) is 4.47. The van der Waals surface area contributed by atoms with E-state index in [4.69, 9.17) is 4.74 Å². The molecule has 8 nitrogen and oxygen atoms in total. The zero-order valence-corrected chi connectivity index (χ0v) is 21.2. The molecular weight excluding hydrogens is 440 g/mol. The number of nitrogens with zero attached hydrogens (tertiary/aromatic N) is 5. The van der Waals surface area contributed by atoms with Crippen LogP contribution in [-0.2, 0) is 18.5 Å². The van der Waals surface area contributed by atoms with Crippen molar-refractivity contribution in [1.29, 1.82) is 0 Å². The summed E-state index contributed by atoms with van der Waals surface area (Å²) in [7, 11) is 1.64. The van der Waals surface area contributed by atoms with Crippen LogP contribution in [0.25, 0.3) is 10.9 Å². The maximum Gasteiger partial charge on any atom is 0.252 e. The van der Waals surface area contributed by atoms with Gasteiger partial charge in [0.05, 0.1) is 18.7 Å². The highest BCUT2D eigenvalue weighted by Crippen LogP contribution is 2.28. The van der Waals surface area contributed by atoms with Crippen LogP contribution in [0.5, 0.6) is 5.75 Å². The molecule has 4 aromatic rings. The molecule has 35 heavy (non-hydrogen) atoms. The van der Waals surface area contributed by atoms with Gasteiger partial charge in [-0.25, -0.2) is 4.68 Å². The Morgan fingerprint density at radius 3 is 2.57 bits per heavy atom. The minimum Gasteiger partial charge on any atom is -0.497 e. The highest BCUT2D eigenvalue weighted by molar-refractivity contribution is 5.80. The van der Waals surface area contributed by atoms with Gasteiger partial charge in [0.2, 0.25) is 0 Å². The van der Waals surface area contributed by atoms with Gasteiger partial charge in [0.15, 0.2) is 5.82 Å². The minimum absolute atomic E-state index is 0.0478. The van der Waals surface area contributed by atoms with Crippen molar-refractivity contribution in [2.24, 2.45) is 0 Å². The largest absolute Gasteiger partial charge is 0.497 e. The molecule has 0 unspecified atom stereocenters. The van der Waals surface area contributed by atoms with Crippen LogP contribution in [0.1, 0.15) is 57.1 Å². The Labute approximate surface area is 205 Å². The number of fused-ring (bicyclic) bond motifs is 1. The van der Waals surface area contributed by atoms with E-state index in [2.05, 4.69) is 77.4 Å². The van der Waals surface area contributed by atoms with Gasteiger partial charge in [0.25, 0.3) is 5.56 Å². The van der Waals surface area contributed by atoms with E-state index in [0.29, 0.717) is 12.1 Å². The van der Waals surface area contributed by atoms with Crippen molar-refractivity contribution in [3.8, 4) is 5.75 Å². The summed E-state index contributed by atoms with van der Waals surface area (Å²) in [6, 6.07) is 18.0. The summed E-state index contributed by atoms with van der Waals surface area (Å²) in [5, 5.41) is 13.6. The number of H-pyrrole nitrogens is 1. The molecule has 0 aliphatic rings. The topological polar surface area (TPSA) is 88.9 Å². The van der Waals surface area contributed by atoms with Gasteiger partial charge < -0.3 is 9.72 Å². The second-order valence-corrected chi connectivity index (χ2v) is 9.83. The molecule has 0 aliphatic carbocycles. The Morgan fingerprint density at radius 1 is 1.11 bits per heavy atom. The van der Waals surface area contributed by atoms with Gasteiger partial charge in [0.1, 0.15) is 5.75 Å². The molecular formula is C27H34N6O2. The molecule has 1 N–H and O–H groups in total. The molecule has 0 bridgehead atoms. The first-order chi connectivity index (χ1) is 16.8. The van der Waals surface area contributed by atoms with E-state index in [9.17, 15) is 4.79 Å². The average molecular weight is 475 g/mol. The maximum atomic E-state index is 13.1. The molecule has 0 saturated heterocycles. The van der Waals surface area contributed by atoms with Crippen LogP contribution < -0.4 is 10.3 Å². The van der Waals surface area contributed by atoms with Gasteiger partial charge in [-0.15, -0.1) is 5.10 Å². The number of hydrogen-bond acceptors (Lipinski definition) is 6. The lowest BCUT2D eigenvalue weighted by atomic mass is 10.0. The predicted molar refractivity (Wildman–Crippen MR) is 138 cm³/mol. The van der Waals surface area contributed by atoms with Crippen LogP contribution in [0, 0.1) is 0 Å². The van der Waals surface area contributed by atoms with Crippen molar-refractivity contribution in [3.63, 3.8) is 0 Å². The van der Waals surface area contributed by atoms with Gasteiger partial charge >= 0.3 is 0 Å². The van der Waals surface area contributed by atoms with Crippen molar-refractivity contribution in [2.45, 2.75) is 58.7 Å². The van der Waals surface area contributed by atoms with Gasteiger partial charge in [0, 0.05) is 29.6 Å². The molecule has 4 rings (SSSR count). The maximum absolute atomic E-state index is 13.1. The molecule has 1 atom stereocenters. The Kier molecular flexibility index (Phi) is 7.31. The summed E-state index contributed by atoms with van der Waals surface area (Å²) in [4.78, 5) is 18.4. The number of methoxy groups -OCH3 is 1. The zero-order valence-electron chi connectivity index (χ0n) is 21.2. The highest BCUT2D eigenvalue weighted by Gasteiger charge is 2.29. The molecule has 2 aromatic heterocycles. The second-order valence-electron chi connectivity index (χ2n) is 9.83. The number of tetrazole rings is 1. The quantitative estimate of drug-likeness (QED) is 0.385. The standard InChI is InChI=1S/C27H34N6O2/c1-6-24(25-29-30-31-33(25)27(2,3)4)32(15-14-19-10-8-7-9-11-19)18-21-16-20-17-22(35-5)12-13-23(20)28-26(21)34/h7-13,16-17,24H,6,14-15,18H2,1-5H3,(H,28,34)/t24-/m0/s1. The number of ether oxygens (including phenoxy) is 1. The van der Waals surface area contributed by atoms with Crippen LogP contribution >= 0.6 is 0 Å². The molecule has 0 radical (unpaired) electrons. The highest BCUT2D eigenvalue weighted by atomic mass is 16.5. The summed E-state index contributed by atoms with van der Waals surface area (Å²) in [6.45, 7) is 9.65. The Morgan fingerprint density at radius 2 is 1.89 bits per heavy atom. The molecule has 0 saturated carbocycles. The Bertz CT molecular complexity index is 1320. The van der Waals surface area contributed by atoms with E-state index in [1.54, 1.807) is 7.11 Å². The minimum atomic E-state index is -0.256. The second kappa shape index (κ2) is 10.4. The number of hydrogen-bond donors (Lipinski definition) is 1. The monoisotopic (exact) mass is 474 g/mol. The number of rotatable bonds is 9. The van der Waals surface area contributed by atoms with Gasteiger partial charge in [-0.3, -0.25) is 9.69 Å². The Balaban J connectivity index is 1.72. The van der Waals surface area contributed by atoms with Crippen LogP contribution in [0.15, 0.2) is 59.4 Å². The normalized spacial score (nSPS) is 12.9. The van der Waals surface area contributed by atoms with Crippen LogP contribution in [0.3, 0.4) is 0 Å². The molecule has 0 aliphatic heterocycles. The lowest BCUT2D eigenvalue weighted by molar-refractivity contribution is 0.163. The summed E-state index contributed by atoms with van der Waals surface area (Å²) >= 11 is 0. The summed E-state index contributed by atoms with van der Waals surface area (Å²) in [6.07, 6.45) is 1.66. The zero-order chi connectivity index (χ0) is 25.0. The number of benzene rings is 2. The summed E-state index contributed by atoms with van der Waals surface area (Å²) in [5.74, 6) is 1.57. The fourth-order valence-electron chi connectivity index (χ4n) is 4.44. The molecule has 184 valence electrons. The first-order valence-corrected chi connectivity index (χ1v) is 12.1. The lowest BCUT2D eigenvalue weighted by Crippen LogP contribution is -2.36. The molecule has 8 heteroatoms.